The van der Waals surface area contributed by atoms with E-state index in [1.54, 1.807) is 13.0 Å². The number of hydrogen-bond acceptors (Lipinski definition) is 7. The van der Waals surface area contributed by atoms with E-state index in [-0.39, 0.29) is 48.0 Å². The number of nitrogens with one attached hydrogen (secondary N) is 1. The Morgan fingerprint density at radius 2 is 2.04 bits per heavy atom. The second kappa shape index (κ2) is 7.51. The van der Waals surface area contributed by atoms with Crippen molar-refractivity contribution in [3.63, 3.8) is 0 Å². The van der Waals surface area contributed by atoms with Crippen LogP contribution >= 0.6 is 0 Å². The van der Waals surface area contributed by atoms with Gasteiger partial charge in [0.1, 0.15) is 26.8 Å². The van der Waals surface area contributed by atoms with Crippen molar-refractivity contribution in [2.45, 2.75) is 13.3 Å². The summed E-state index contributed by atoms with van der Waals surface area (Å²) in [5.74, 6) is -0.417. The lowest BCUT2D eigenvalue weighted by molar-refractivity contribution is -0.383. The van der Waals surface area contributed by atoms with Gasteiger partial charge in [0.2, 0.25) is 0 Å². The summed E-state index contributed by atoms with van der Waals surface area (Å²) >= 11 is 0. The zero-order valence-electron chi connectivity index (χ0n) is 13.8. The van der Waals surface area contributed by atoms with Gasteiger partial charge in [0, 0.05) is 11.6 Å². The van der Waals surface area contributed by atoms with Crippen LogP contribution in [0.15, 0.2) is 18.2 Å². The number of aromatic amines is 1. The van der Waals surface area contributed by atoms with Gasteiger partial charge in [-0.25, -0.2) is 13.2 Å². The number of aromatic nitrogens is 1. The van der Waals surface area contributed by atoms with Gasteiger partial charge in [-0.2, -0.15) is 0 Å². The van der Waals surface area contributed by atoms with Crippen LogP contribution in [0.25, 0.3) is 10.9 Å². The fourth-order valence-corrected chi connectivity index (χ4v) is 2.90. The highest BCUT2D eigenvalue weighted by Gasteiger charge is 2.20. The van der Waals surface area contributed by atoms with E-state index >= 15 is 0 Å². The maximum Gasteiger partial charge on any atom is 0.354 e. The monoisotopic (exact) mass is 370 g/mol. The number of nitro benzene ring substituents is 1. The molecule has 0 spiro atoms. The minimum Gasteiger partial charge on any atom is -0.493 e. The molecule has 0 atom stereocenters. The molecule has 1 heterocycles. The minimum absolute atomic E-state index is 0.0332. The summed E-state index contributed by atoms with van der Waals surface area (Å²) in [5, 5.41) is 11.7. The third kappa shape index (κ3) is 4.92. The number of benzene rings is 1. The Bertz CT molecular complexity index is 902. The first-order chi connectivity index (χ1) is 11.7. The van der Waals surface area contributed by atoms with E-state index in [4.69, 9.17) is 9.47 Å². The smallest absolute Gasteiger partial charge is 0.354 e. The standard InChI is InChI=1S/C15H18N2O7S/c1-3-23-15(18)12-8-10-7-11(24-5-4-6-25(2,21)22)9-13(17(19)20)14(10)16-12/h7-9,16H,3-6H2,1-2H3. The first kappa shape index (κ1) is 18.7. The Balaban J connectivity index is 2.27. The molecule has 9 nitrogen and oxygen atoms in total. The third-order valence-electron chi connectivity index (χ3n) is 3.30. The Morgan fingerprint density at radius 1 is 1.32 bits per heavy atom. The van der Waals surface area contributed by atoms with Gasteiger partial charge in [0.25, 0.3) is 5.69 Å². The first-order valence-electron chi connectivity index (χ1n) is 7.50. The molecular weight excluding hydrogens is 352 g/mol. The highest BCUT2D eigenvalue weighted by molar-refractivity contribution is 7.90. The van der Waals surface area contributed by atoms with Crippen molar-refractivity contribution >= 4 is 32.4 Å². The van der Waals surface area contributed by atoms with E-state index < -0.39 is 20.7 Å². The molecule has 2 aromatic rings. The number of carbonyl (C=O) groups is 1. The lowest BCUT2D eigenvalue weighted by Crippen LogP contribution is -2.08. The molecule has 0 fully saturated rings. The Kier molecular flexibility index (Phi) is 5.62. The molecule has 0 amide bonds. The van der Waals surface area contributed by atoms with E-state index in [1.807, 2.05) is 0 Å². The van der Waals surface area contributed by atoms with E-state index in [0.29, 0.717) is 5.39 Å². The van der Waals surface area contributed by atoms with E-state index in [1.165, 1.54) is 12.1 Å². The van der Waals surface area contributed by atoms with Gasteiger partial charge < -0.3 is 14.5 Å². The zero-order chi connectivity index (χ0) is 18.6. The molecule has 1 aromatic heterocycles. The molecule has 10 heteroatoms. The average Bonchev–Trinajstić information content (AvgIpc) is 2.94. The van der Waals surface area contributed by atoms with Crippen molar-refractivity contribution in [1.29, 1.82) is 0 Å². The SMILES string of the molecule is CCOC(=O)c1cc2cc(OCCCS(C)(=O)=O)cc([N+](=O)[O-])c2[nH]1. The summed E-state index contributed by atoms with van der Waals surface area (Å²) in [6.07, 6.45) is 1.40. The highest BCUT2D eigenvalue weighted by Crippen LogP contribution is 2.31. The molecule has 0 saturated carbocycles. The Morgan fingerprint density at radius 3 is 2.64 bits per heavy atom. The Labute approximate surface area is 144 Å². The van der Waals surface area contributed by atoms with Crippen LogP contribution in [0.5, 0.6) is 5.75 Å². The van der Waals surface area contributed by atoms with Gasteiger partial charge in [-0.15, -0.1) is 0 Å². The molecule has 0 radical (unpaired) electrons. The lowest BCUT2D eigenvalue weighted by Gasteiger charge is -2.06. The largest absolute Gasteiger partial charge is 0.493 e. The number of nitro groups is 1. The van der Waals surface area contributed by atoms with Gasteiger partial charge in [-0.3, -0.25) is 10.1 Å². The van der Waals surface area contributed by atoms with Crippen LogP contribution < -0.4 is 4.74 Å². The van der Waals surface area contributed by atoms with Crippen molar-refractivity contribution < 1.29 is 27.6 Å². The van der Waals surface area contributed by atoms with Crippen molar-refractivity contribution in [2.24, 2.45) is 0 Å². The summed E-state index contributed by atoms with van der Waals surface area (Å²) in [5.41, 5.74) is 0.0527. The molecule has 1 N–H and O–H groups in total. The maximum absolute atomic E-state index is 11.8. The second-order valence-corrected chi connectivity index (χ2v) is 7.66. The van der Waals surface area contributed by atoms with Crippen molar-refractivity contribution in [3.8, 4) is 5.75 Å². The average molecular weight is 370 g/mol. The van der Waals surface area contributed by atoms with Crippen LogP contribution in [0.3, 0.4) is 0 Å². The van der Waals surface area contributed by atoms with Gasteiger partial charge in [-0.05, 0) is 25.5 Å². The first-order valence-corrected chi connectivity index (χ1v) is 9.56. The molecule has 25 heavy (non-hydrogen) atoms. The number of rotatable bonds is 8. The van der Waals surface area contributed by atoms with Crippen LogP contribution in [-0.4, -0.2) is 49.5 Å². The normalized spacial score (nSPS) is 11.4. The van der Waals surface area contributed by atoms with Crippen molar-refractivity contribution in [1.82, 2.24) is 4.98 Å². The molecule has 0 saturated heterocycles. The van der Waals surface area contributed by atoms with Gasteiger partial charge >= 0.3 is 5.97 Å². The fraction of sp³-hybridized carbons (Fsp3) is 0.400. The second-order valence-electron chi connectivity index (χ2n) is 5.40. The predicted octanol–water partition coefficient (Wildman–Crippen LogP) is 2.07. The molecule has 1 aromatic carbocycles. The lowest BCUT2D eigenvalue weighted by atomic mass is 10.2. The number of fused-ring (bicyclic) bond motifs is 1. The van der Waals surface area contributed by atoms with Gasteiger partial charge in [-0.1, -0.05) is 0 Å². The van der Waals surface area contributed by atoms with Crippen molar-refractivity contribution in [3.05, 3.63) is 34.0 Å². The van der Waals surface area contributed by atoms with E-state index in [2.05, 4.69) is 4.98 Å². The van der Waals surface area contributed by atoms with Gasteiger partial charge in [0.05, 0.1) is 30.0 Å². The molecular formula is C15H18N2O7S. The number of H-pyrrole nitrogens is 1. The number of esters is 1. The number of carbonyl (C=O) groups excluding carboxylic acids is 1. The van der Waals surface area contributed by atoms with Crippen molar-refractivity contribution in [2.75, 3.05) is 25.2 Å². The molecule has 0 aliphatic rings. The zero-order valence-corrected chi connectivity index (χ0v) is 14.6. The number of sulfone groups is 1. The molecule has 0 bridgehead atoms. The molecule has 0 unspecified atom stereocenters. The molecule has 136 valence electrons. The molecule has 2 rings (SSSR count). The topological polar surface area (TPSA) is 129 Å². The third-order valence-corrected chi connectivity index (χ3v) is 4.33. The molecule has 0 aliphatic heterocycles. The number of non-ortho nitro benzene ring substituents is 1. The quantitative estimate of drug-likeness (QED) is 0.326. The Hall–Kier alpha value is -2.62. The van der Waals surface area contributed by atoms with Crippen LogP contribution in [0.2, 0.25) is 0 Å². The van der Waals surface area contributed by atoms with Crippen LogP contribution in [0, 0.1) is 10.1 Å². The number of ether oxygens (including phenoxy) is 2. The summed E-state index contributed by atoms with van der Waals surface area (Å²) < 4.78 is 32.5. The summed E-state index contributed by atoms with van der Waals surface area (Å²) in [6.45, 7) is 1.95. The summed E-state index contributed by atoms with van der Waals surface area (Å²) in [7, 11) is -3.09. The fourth-order valence-electron chi connectivity index (χ4n) is 2.26. The van der Waals surface area contributed by atoms with Crippen LogP contribution in [-0.2, 0) is 14.6 Å². The highest BCUT2D eigenvalue weighted by atomic mass is 32.2. The summed E-state index contributed by atoms with van der Waals surface area (Å²) in [6, 6.07) is 4.22. The van der Waals surface area contributed by atoms with Gasteiger partial charge in [0.15, 0.2) is 0 Å². The minimum atomic E-state index is -3.09. The number of nitrogens with zero attached hydrogens (tertiary/aromatic N) is 1. The van der Waals surface area contributed by atoms with E-state index in [0.717, 1.165) is 6.26 Å². The summed E-state index contributed by atoms with van der Waals surface area (Å²) in [4.78, 5) is 25.1. The maximum atomic E-state index is 11.8. The van der Waals surface area contributed by atoms with Crippen LogP contribution in [0.1, 0.15) is 23.8 Å². The van der Waals surface area contributed by atoms with Crippen LogP contribution in [0.4, 0.5) is 5.69 Å². The van der Waals surface area contributed by atoms with E-state index in [9.17, 15) is 23.3 Å². The number of hydrogen-bond donors (Lipinski definition) is 1. The molecule has 0 aliphatic carbocycles. The predicted molar refractivity (Wildman–Crippen MR) is 90.7 cm³/mol.